The maximum Gasteiger partial charge on any atom is 0.255 e. The standard InChI is InChI=1S/C21H18ClNO2/c1-15-19(22)11-6-12-20(15)23-21(24)17-9-5-10-18(13-17)25-14-16-7-3-2-4-8-16/h2-13H,14H2,1H3,(H,23,24). The predicted molar refractivity (Wildman–Crippen MR) is 101 cm³/mol. The molecule has 0 radical (unpaired) electrons. The Morgan fingerprint density at radius 2 is 1.76 bits per heavy atom. The minimum absolute atomic E-state index is 0.199. The molecule has 0 aliphatic heterocycles. The van der Waals surface area contributed by atoms with Gasteiger partial charge in [0.05, 0.1) is 0 Å². The van der Waals surface area contributed by atoms with Gasteiger partial charge in [-0.25, -0.2) is 0 Å². The first-order valence-corrected chi connectivity index (χ1v) is 8.34. The van der Waals surface area contributed by atoms with E-state index in [4.69, 9.17) is 16.3 Å². The van der Waals surface area contributed by atoms with Crippen molar-refractivity contribution in [3.63, 3.8) is 0 Å². The van der Waals surface area contributed by atoms with Gasteiger partial charge in [0.25, 0.3) is 5.91 Å². The molecule has 3 rings (SSSR count). The Labute approximate surface area is 152 Å². The van der Waals surface area contributed by atoms with Gasteiger partial charge in [-0.3, -0.25) is 4.79 Å². The van der Waals surface area contributed by atoms with Crippen LogP contribution in [-0.4, -0.2) is 5.91 Å². The lowest BCUT2D eigenvalue weighted by Gasteiger charge is -2.11. The van der Waals surface area contributed by atoms with Gasteiger partial charge in [0.2, 0.25) is 0 Å². The normalized spacial score (nSPS) is 10.3. The van der Waals surface area contributed by atoms with Crippen molar-refractivity contribution in [1.82, 2.24) is 0 Å². The highest BCUT2D eigenvalue weighted by Gasteiger charge is 2.10. The summed E-state index contributed by atoms with van der Waals surface area (Å²) in [5.41, 5.74) is 3.15. The molecule has 1 N–H and O–H groups in total. The number of nitrogens with one attached hydrogen (secondary N) is 1. The number of amides is 1. The quantitative estimate of drug-likeness (QED) is 0.661. The summed E-state index contributed by atoms with van der Waals surface area (Å²) < 4.78 is 5.77. The third-order valence-corrected chi connectivity index (χ3v) is 4.27. The molecule has 3 aromatic rings. The van der Waals surface area contributed by atoms with Crippen LogP contribution in [0.4, 0.5) is 5.69 Å². The summed E-state index contributed by atoms with van der Waals surface area (Å²) in [6.45, 7) is 2.33. The topological polar surface area (TPSA) is 38.3 Å². The molecule has 25 heavy (non-hydrogen) atoms. The van der Waals surface area contributed by atoms with Crippen molar-refractivity contribution in [3.8, 4) is 5.75 Å². The molecule has 0 unspecified atom stereocenters. The molecule has 0 bridgehead atoms. The average Bonchev–Trinajstić information content (AvgIpc) is 2.65. The summed E-state index contributed by atoms with van der Waals surface area (Å²) >= 11 is 6.10. The maximum atomic E-state index is 12.5. The van der Waals surface area contributed by atoms with Gasteiger partial charge >= 0.3 is 0 Å². The van der Waals surface area contributed by atoms with E-state index >= 15 is 0 Å². The Kier molecular flexibility index (Phi) is 5.36. The van der Waals surface area contributed by atoms with Crippen molar-refractivity contribution in [2.75, 3.05) is 5.32 Å². The first kappa shape index (κ1) is 17.1. The van der Waals surface area contributed by atoms with Crippen LogP contribution in [-0.2, 0) is 6.61 Å². The van der Waals surface area contributed by atoms with Crippen LogP contribution in [0, 0.1) is 6.92 Å². The van der Waals surface area contributed by atoms with Gasteiger partial charge in [-0.05, 0) is 48.4 Å². The predicted octanol–water partition coefficient (Wildman–Crippen LogP) is 5.48. The smallest absolute Gasteiger partial charge is 0.255 e. The number of rotatable bonds is 5. The van der Waals surface area contributed by atoms with E-state index in [9.17, 15) is 4.79 Å². The van der Waals surface area contributed by atoms with E-state index in [1.54, 1.807) is 24.3 Å². The van der Waals surface area contributed by atoms with Gasteiger partial charge in [-0.1, -0.05) is 54.1 Å². The van der Waals surface area contributed by atoms with Crippen LogP contribution < -0.4 is 10.1 Å². The van der Waals surface area contributed by atoms with Crippen LogP contribution in [0.3, 0.4) is 0 Å². The minimum Gasteiger partial charge on any atom is -0.489 e. The highest BCUT2D eigenvalue weighted by atomic mass is 35.5. The number of ether oxygens (including phenoxy) is 1. The number of benzene rings is 3. The Morgan fingerprint density at radius 3 is 2.56 bits per heavy atom. The maximum absolute atomic E-state index is 12.5. The van der Waals surface area contributed by atoms with Crippen LogP contribution in [0.1, 0.15) is 21.5 Å². The molecule has 0 heterocycles. The summed E-state index contributed by atoms with van der Waals surface area (Å²) in [5.74, 6) is 0.454. The third-order valence-electron chi connectivity index (χ3n) is 3.86. The molecule has 0 aliphatic rings. The van der Waals surface area contributed by atoms with E-state index in [0.717, 1.165) is 11.1 Å². The molecule has 0 saturated heterocycles. The summed E-state index contributed by atoms with van der Waals surface area (Å²) in [6.07, 6.45) is 0. The van der Waals surface area contributed by atoms with E-state index in [0.29, 0.717) is 28.6 Å². The Hall–Kier alpha value is -2.78. The van der Waals surface area contributed by atoms with Gasteiger partial charge < -0.3 is 10.1 Å². The summed E-state index contributed by atoms with van der Waals surface area (Å²) in [7, 11) is 0. The van der Waals surface area contributed by atoms with E-state index in [1.165, 1.54) is 0 Å². The highest BCUT2D eigenvalue weighted by Crippen LogP contribution is 2.24. The third kappa shape index (κ3) is 4.40. The number of anilines is 1. The lowest BCUT2D eigenvalue weighted by Crippen LogP contribution is -2.13. The molecule has 4 heteroatoms. The van der Waals surface area contributed by atoms with Crippen molar-refractivity contribution in [3.05, 3.63) is 94.5 Å². The molecule has 0 saturated carbocycles. The fourth-order valence-corrected chi connectivity index (χ4v) is 2.58. The van der Waals surface area contributed by atoms with Crippen molar-refractivity contribution in [2.24, 2.45) is 0 Å². The highest BCUT2D eigenvalue weighted by molar-refractivity contribution is 6.31. The number of carbonyl (C=O) groups is 1. The van der Waals surface area contributed by atoms with Gasteiger partial charge in [0.1, 0.15) is 12.4 Å². The second kappa shape index (κ2) is 7.86. The van der Waals surface area contributed by atoms with E-state index < -0.39 is 0 Å². The van der Waals surface area contributed by atoms with Crippen LogP contribution in [0.5, 0.6) is 5.75 Å². The van der Waals surface area contributed by atoms with Crippen LogP contribution >= 0.6 is 11.6 Å². The zero-order valence-electron chi connectivity index (χ0n) is 13.8. The van der Waals surface area contributed by atoms with Crippen molar-refractivity contribution in [1.29, 1.82) is 0 Å². The summed E-state index contributed by atoms with van der Waals surface area (Å²) in [5, 5.41) is 3.51. The van der Waals surface area contributed by atoms with Gasteiger partial charge in [-0.2, -0.15) is 0 Å². The lowest BCUT2D eigenvalue weighted by molar-refractivity contribution is 0.102. The Balaban J connectivity index is 1.70. The Morgan fingerprint density at radius 1 is 1.00 bits per heavy atom. The molecular formula is C21H18ClNO2. The first-order valence-electron chi connectivity index (χ1n) is 7.97. The average molecular weight is 352 g/mol. The molecule has 0 aromatic heterocycles. The fraction of sp³-hybridized carbons (Fsp3) is 0.0952. The molecular weight excluding hydrogens is 334 g/mol. The molecule has 126 valence electrons. The fourth-order valence-electron chi connectivity index (χ4n) is 2.41. The van der Waals surface area contributed by atoms with Crippen molar-refractivity contribution in [2.45, 2.75) is 13.5 Å². The van der Waals surface area contributed by atoms with Gasteiger partial charge in [0.15, 0.2) is 0 Å². The molecule has 3 nitrogen and oxygen atoms in total. The van der Waals surface area contributed by atoms with Crippen molar-refractivity contribution >= 4 is 23.2 Å². The zero-order valence-corrected chi connectivity index (χ0v) is 14.6. The molecule has 0 atom stereocenters. The number of hydrogen-bond acceptors (Lipinski definition) is 2. The monoisotopic (exact) mass is 351 g/mol. The SMILES string of the molecule is Cc1c(Cl)cccc1NC(=O)c1cccc(OCc2ccccc2)c1. The number of carbonyl (C=O) groups excluding carboxylic acids is 1. The number of hydrogen-bond donors (Lipinski definition) is 1. The molecule has 3 aromatic carbocycles. The van der Waals surface area contributed by atoms with E-state index in [2.05, 4.69) is 5.32 Å². The minimum atomic E-state index is -0.199. The second-order valence-electron chi connectivity index (χ2n) is 5.67. The number of halogens is 1. The van der Waals surface area contributed by atoms with Crippen LogP contribution in [0.15, 0.2) is 72.8 Å². The van der Waals surface area contributed by atoms with Gasteiger partial charge in [0, 0.05) is 16.3 Å². The Bertz CT molecular complexity index is 878. The molecule has 0 spiro atoms. The second-order valence-corrected chi connectivity index (χ2v) is 6.08. The lowest BCUT2D eigenvalue weighted by atomic mass is 10.1. The van der Waals surface area contributed by atoms with Crippen molar-refractivity contribution < 1.29 is 9.53 Å². The van der Waals surface area contributed by atoms with E-state index in [-0.39, 0.29) is 5.91 Å². The summed E-state index contributed by atoms with van der Waals surface area (Å²) in [6, 6.07) is 22.5. The molecule has 1 amide bonds. The van der Waals surface area contributed by atoms with Gasteiger partial charge in [-0.15, -0.1) is 0 Å². The molecule has 0 fully saturated rings. The molecule has 0 aliphatic carbocycles. The summed E-state index contributed by atoms with van der Waals surface area (Å²) in [4.78, 5) is 12.5. The zero-order chi connectivity index (χ0) is 17.6. The van der Waals surface area contributed by atoms with Crippen LogP contribution in [0.25, 0.3) is 0 Å². The first-order chi connectivity index (χ1) is 12.1. The largest absolute Gasteiger partial charge is 0.489 e. The van der Waals surface area contributed by atoms with E-state index in [1.807, 2.05) is 55.5 Å². The van der Waals surface area contributed by atoms with Crippen LogP contribution in [0.2, 0.25) is 5.02 Å².